The highest BCUT2D eigenvalue weighted by Crippen LogP contribution is 2.44. The topological polar surface area (TPSA) is 95.9 Å². The van der Waals surface area contributed by atoms with Crippen LogP contribution in [0.4, 0.5) is 4.79 Å². The molecular formula is C27H32N2O5. The molecule has 0 bridgehead atoms. The Bertz CT molecular complexity index is 1070. The van der Waals surface area contributed by atoms with Crippen molar-refractivity contribution in [3.8, 4) is 11.1 Å². The predicted octanol–water partition coefficient (Wildman–Crippen LogP) is 4.55. The number of hydrogen-bond acceptors (Lipinski definition) is 4. The summed E-state index contributed by atoms with van der Waals surface area (Å²) >= 11 is 0. The SMILES string of the molecule is CC(C)(CCC(=O)N1CCCC1(C)C(=O)O)NC(=O)OCC1c2ccccc2-c2ccccc21. The summed E-state index contributed by atoms with van der Waals surface area (Å²) in [5.41, 5.74) is 2.79. The molecular weight excluding hydrogens is 432 g/mol. The van der Waals surface area contributed by atoms with E-state index in [4.69, 9.17) is 4.74 Å². The Labute approximate surface area is 200 Å². The number of carbonyl (C=O) groups excluding carboxylic acids is 2. The van der Waals surface area contributed by atoms with Crippen LogP contribution in [0.5, 0.6) is 0 Å². The molecule has 2 aromatic carbocycles. The number of carboxylic acid groups (broad SMARTS) is 1. The zero-order valence-corrected chi connectivity index (χ0v) is 20.0. The van der Waals surface area contributed by atoms with E-state index in [9.17, 15) is 19.5 Å². The van der Waals surface area contributed by atoms with E-state index in [1.165, 1.54) is 16.0 Å². The number of alkyl carbamates (subject to hydrolysis) is 1. The van der Waals surface area contributed by atoms with Crippen LogP contribution in [0.1, 0.15) is 63.5 Å². The fraction of sp³-hybridized carbons (Fsp3) is 0.444. The van der Waals surface area contributed by atoms with Crippen molar-refractivity contribution >= 4 is 18.0 Å². The third-order valence-electron chi connectivity index (χ3n) is 7.15. The van der Waals surface area contributed by atoms with Crippen molar-refractivity contribution in [2.24, 2.45) is 0 Å². The Morgan fingerprint density at radius 3 is 2.26 bits per heavy atom. The molecule has 4 rings (SSSR count). The summed E-state index contributed by atoms with van der Waals surface area (Å²) in [6.45, 7) is 5.94. The van der Waals surface area contributed by atoms with E-state index in [-0.39, 0.29) is 24.9 Å². The van der Waals surface area contributed by atoms with Crippen LogP contribution in [0.25, 0.3) is 11.1 Å². The van der Waals surface area contributed by atoms with Gasteiger partial charge in [-0.05, 0) is 62.3 Å². The quantitative estimate of drug-likeness (QED) is 0.627. The van der Waals surface area contributed by atoms with Crippen LogP contribution >= 0.6 is 0 Å². The van der Waals surface area contributed by atoms with Crippen LogP contribution in [0.2, 0.25) is 0 Å². The molecule has 2 amide bonds. The van der Waals surface area contributed by atoms with Gasteiger partial charge in [0.2, 0.25) is 5.91 Å². The number of aliphatic carboxylic acids is 1. The molecule has 0 saturated carbocycles. The molecule has 0 radical (unpaired) electrons. The molecule has 1 atom stereocenters. The van der Waals surface area contributed by atoms with Crippen molar-refractivity contribution in [1.29, 1.82) is 0 Å². The first-order valence-corrected chi connectivity index (χ1v) is 11.8. The zero-order valence-electron chi connectivity index (χ0n) is 20.0. The van der Waals surface area contributed by atoms with Crippen LogP contribution in [0, 0.1) is 0 Å². The number of carboxylic acids is 1. The molecule has 1 aliphatic carbocycles. The average Bonchev–Trinajstić information content (AvgIpc) is 3.35. The van der Waals surface area contributed by atoms with Crippen molar-refractivity contribution < 1.29 is 24.2 Å². The lowest BCUT2D eigenvalue weighted by Crippen LogP contribution is -2.51. The maximum atomic E-state index is 12.7. The second-order valence-corrected chi connectivity index (χ2v) is 10.1. The summed E-state index contributed by atoms with van der Waals surface area (Å²) < 4.78 is 5.62. The van der Waals surface area contributed by atoms with Gasteiger partial charge in [0.15, 0.2) is 0 Å². The highest BCUT2D eigenvalue weighted by molar-refractivity contribution is 5.87. The van der Waals surface area contributed by atoms with Gasteiger partial charge in [-0.25, -0.2) is 9.59 Å². The second kappa shape index (κ2) is 9.12. The molecule has 7 nitrogen and oxygen atoms in total. The number of hydrogen-bond donors (Lipinski definition) is 2. The van der Waals surface area contributed by atoms with E-state index in [0.29, 0.717) is 25.8 Å². The maximum Gasteiger partial charge on any atom is 0.407 e. The number of ether oxygens (including phenoxy) is 1. The van der Waals surface area contributed by atoms with Gasteiger partial charge in [0.1, 0.15) is 12.1 Å². The van der Waals surface area contributed by atoms with E-state index >= 15 is 0 Å². The minimum absolute atomic E-state index is 0.0216. The normalized spacial score (nSPS) is 19.4. The second-order valence-electron chi connectivity index (χ2n) is 10.1. The molecule has 180 valence electrons. The fourth-order valence-electron chi connectivity index (χ4n) is 5.11. The van der Waals surface area contributed by atoms with Gasteiger partial charge in [-0.2, -0.15) is 0 Å². The Balaban J connectivity index is 1.33. The van der Waals surface area contributed by atoms with Crippen LogP contribution < -0.4 is 5.32 Å². The number of nitrogens with one attached hydrogen (secondary N) is 1. The third-order valence-corrected chi connectivity index (χ3v) is 7.15. The largest absolute Gasteiger partial charge is 0.480 e. The van der Waals surface area contributed by atoms with Gasteiger partial charge >= 0.3 is 12.1 Å². The molecule has 1 aliphatic heterocycles. The van der Waals surface area contributed by atoms with Crippen LogP contribution in [0.3, 0.4) is 0 Å². The fourth-order valence-corrected chi connectivity index (χ4v) is 5.11. The molecule has 2 N–H and O–H groups in total. The molecule has 0 aromatic heterocycles. The Morgan fingerprint density at radius 1 is 1.09 bits per heavy atom. The first kappa shape index (κ1) is 23.8. The average molecular weight is 465 g/mol. The number of nitrogens with zero attached hydrogens (tertiary/aromatic N) is 1. The molecule has 34 heavy (non-hydrogen) atoms. The molecule has 1 saturated heterocycles. The van der Waals surface area contributed by atoms with Gasteiger partial charge in [-0.15, -0.1) is 0 Å². The molecule has 1 unspecified atom stereocenters. The number of amides is 2. The van der Waals surface area contributed by atoms with Crippen LogP contribution in [-0.4, -0.2) is 52.2 Å². The van der Waals surface area contributed by atoms with Crippen LogP contribution in [0.15, 0.2) is 48.5 Å². The number of likely N-dealkylation sites (tertiary alicyclic amines) is 1. The summed E-state index contributed by atoms with van der Waals surface area (Å²) in [6.07, 6.45) is 1.13. The highest BCUT2D eigenvalue weighted by atomic mass is 16.5. The van der Waals surface area contributed by atoms with E-state index < -0.39 is 23.1 Å². The van der Waals surface area contributed by atoms with Crippen molar-refractivity contribution in [3.63, 3.8) is 0 Å². The van der Waals surface area contributed by atoms with Gasteiger partial charge < -0.3 is 20.1 Å². The van der Waals surface area contributed by atoms with Crippen molar-refractivity contribution in [2.75, 3.05) is 13.2 Å². The maximum absolute atomic E-state index is 12.7. The molecule has 1 heterocycles. The molecule has 7 heteroatoms. The summed E-state index contributed by atoms with van der Waals surface area (Å²) in [5, 5.41) is 12.4. The van der Waals surface area contributed by atoms with Gasteiger partial charge in [0, 0.05) is 24.4 Å². The number of carbonyl (C=O) groups is 3. The lowest BCUT2D eigenvalue weighted by molar-refractivity contribution is -0.155. The van der Waals surface area contributed by atoms with Crippen LogP contribution in [-0.2, 0) is 14.3 Å². The van der Waals surface area contributed by atoms with E-state index in [2.05, 4.69) is 29.6 Å². The van der Waals surface area contributed by atoms with E-state index in [1.807, 2.05) is 38.1 Å². The summed E-state index contributed by atoms with van der Waals surface area (Å²) in [6, 6.07) is 16.3. The van der Waals surface area contributed by atoms with Crippen molar-refractivity contribution in [2.45, 2.75) is 63.5 Å². The van der Waals surface area contributed by atoms with Gasteiger partial charge in [-0.3, -0.25) is 4.79 Å². The number of rotatable bonds is 7. The predicted molar refractivity (Wildman–Crippen MR) is 129 cm³/mol. The molecule has 1 fully saturated rings. The number of benzene rings is 2. The lowest BCUT2D eigenvalue weighted by atomic mass is 9.96. The highest BCUT2D eigenvalue weighted by Gasteiger charge is 2.45. The number of fused-ring (bicyclic) bond motifs is 3. The Hall–Kier alpha value is -3.35. The van der Waals surface area contributed by atoms with E-state index in [1.54, 1.807) is 6.92 Å². The monoisotopic (exact) mass is 464 g/mol. The summed E-state index contributed by atoms with van der Waals surface area (Å²) in [5.74, 6) is -1.20. The first-order chi connectivity index (χ1) is 16.1. The van der Waals surface area contributed by atoms with E-state index in [0.717, 1.165) is 11.1 Å². The first-order valence-electron chi connectivity index (χ1n) is 11.8. The van der Waals surface area contributed by atoms with Gasteiger partial charge in [-0.1, -0.05) is 48.5 Å². The smallest absolute Gasteiger partial charge is 0.407 e. The van der Waals surface area contributed by atoms with Crippen molar-refractivity contribution in [1.82, 2.24) is 10.2 Å². The molecule has 0 spiro atoms. The molecule has 2 aromatic rings. The van der Waals surface area contributed by atoms with Gasteiger partial charge in [0.05, 0.1) is 0 Å². The zero-order chi connectivity index (χ0) is 24.5. The van der Waals surface area contributed by atoms with Gasteiger partial charge in [0.25, 0.3) is 0 Å². The minimum atomic E-state index is -1.15. The standard InChI is InChI=1S/C27H32N2O5/c1-26(2,15-13-23(30)29-16-8-14-27(29,3)24(31)32)28-25(33)34-17-22-20-11-6-4-9-18(20)19-10-5-7-12-21(19)22/h4-7,9-12,22H,8,13-17H2,1-3H3,(H,28,33)(H,31,32). The van der Waals surface area contributed by atoms with Crippen molar-refractivity contribution in [3.05, 3.63) is 59.7 Å². The lowest BCUT2D eigenvalue weighted by Gasteiger charge is -2.33. The Kier molecular flexibility index (Phi) is 6.39. The molecule has 2 aliphatic rings. The summed E-state index contributed by atoms with van der Waals surface area (Å²) in [4.78, 5) is 38.5. The summed E-state index contributed by atoms with van der Waals surface area (Å²) in [7, 11) is 0. The Morgan fingerprint density at radius 2 is 1.68 bits per heavy atom. The third kappa shape index (κ3) is 4.52. The minimum Gasteiger partial charge on any atom is -0.480 e.